The second-order valence-electron chi connectivity index (χ2n) is 7.09. The fraction of sp³-hybridized carbons (Fsp3) is 0.0870. The third-order valence-electron chi connectivity index (χ3n) is 4.72. The van der Waals surface area contributed by atoms with Gasteiger partial charge in [-0.1, -0.05) is 34.1 Å². The van der Waals surface area contributed by atoms with Gasteiger partial charge in [0, 0.05) is 16.1 Å². The average Bonchev–Trinajstić information content (AvgIpc) is 3.30. The van der Waals surface area contributed by atoms with Gasteiger partial charge in [-0.25, -0.2) is 14.1 Å². The van der Waals surface area contributed by atoms with Gasteiger partial charge in [0.15, 0.2) is 0 Å². The molecule has 3 aromatic rings. The Hall–Kier alpha value is -3.72. The highest BCUT2D eigenvalue weighted by Crippen LogP contribution is 2.31. The molecule has 2 N–H and O–H groups in total. The molecule has 2 heterocycles. The van der Waals surface area contributed by atoms with Crippen LogP contribution in [0.3, 0.4) is 0 Å². The molecule has 4 rings (SSSR count). The molecule has 0 radical (unpaired) electrons. The van der Waals surface area contributed by atoms with Crippen LogP contribution >= 0.6 is 15.9 Å². The van der Waals surface area contributed by atoms with E-state index in [2.05, 4.69) is 26.6 Å². The summed E-state index contributed by atoms with van der Waals surface area (Å²) in [5, 5.41) is 4.77. The molecule has 1 aromatic heterocycles. The number of imide groups is 1. The van der Waals surface area contributed by atoms with E-state index in [4.69, 9.17) is 4.42 Å². The van der Waals surface area contributed by atoms with Crippen LogP contribution in [-0.2, 0) is 9.59 Å². The fourth-order valence-corrected chi connectivity index (χ4v) is 3.84. The van der Waals surface area contributed by atoms with Crippen LogP contribution < -0.4 is 10.6 Å². The summed E-state index contributed by atoms with van der Waals surface area (Å²) in [6.07, 6.45) is 1.39. The predicted octanol–water partition coefficient (Wildman–Crippen LogP) is 4.69. The van der Waals surface area contributed by atoms with Crippen LogP contribution in [0.25, 0.3) is 17.4 Å². The minimum absolute atomic E-state index is 0.0300. The van der Waals surface area contributed by atoms with Crippen molar-refractivity contribution in [2.45, 2.75) is 6.92 Å². The maximum Gasteiger partial charge on any atom is 0.329 e. The van der Waals surface area contributed by atoms with E-state index in [0.29, 0.717) is 11.5 Å². The van der Waals surface area contributed by atoms with Gasteiger partial charge < -0.3 is 15.1 Å². The maximum atomic E-state index is 13.7. The smallest absolute Gasteiger partial charge is 0.329 e. The van der Waals surface area contributed by atoms with Crippen molar-refractivity contribution in [2.75, 3.05) is 11.9 Å². The molecule has 1 fully saturated rings. The summed E-state index contributed by atoms with van der Waals surface area (Å²) in [4.78, 5) is 37.8. The molecule has 0 unspecified atom stereocenters. The van der Waals surface area contributed by atoms with Gasteiger partial charge in [0.25, 0.3) is 5.91 Å². The number of urea groups is 1. The van der Waals surface area contributed by atoms with Crippen molar-refractivity contribution in [2.24, 2.45) is 0 Å². The quantitative estimate of drug-likeness (QED) is 0.395. The Labute approximate surface area is 191 Å². The van der Waals surface area contributed by atoms with Crippen LogP contribution in [0.15, 0.2) is 69.2 Å². The molecule has 1 aliphatic rings. The second kappa shape index (κ2) is 8.80. The number of aryl methyl sites for hydroxylation is 1. The van der Waals surface area contributed by atoms with Crippen molar-refractivity contribution in [3.05, 3.63) is 81.9 Å². The lowest BCUT2D eigenvalue weighted by molar-refractivity contribution is -0.127. The summed E-state index contributed by atoms with van der Waals surface area (Å²) in [5.74, 6) is -1.07. The topological polar surface area (TPSA) is 91.7 Å². The van der Waals surface area contributed by atoms with Crippen LogP contribution in [0.4, 0.5) is 14.9 Å². The Morgan fingerprint density at radius 3 is 2.72 bits per heavy atom. The zero-order valence-electron chi connectivity index (χ0n) is 16.8. The van der Waals surface area contributed by atoms with Gasteiger partial charge >= 0.3 is 6.03 Å². The highest BCUT2D eigenvalue weighted by Gasteiger charge is 2.35. The first kappa shape index (κ1) is 21.5. The highest BCUT2D eigenvalue weighted by molar-refractivity contribution is 9.10. The standard InChI is InChI=1S/C23H17BrFN3O4/c1-13-6-8-15(16(24)10-13)20-9-7-14(32-20)11-19-22(30)28(23(31)27-19)12-21(29)26-18-5-3-2-4-17(18)25/h2-11H,12H2,1H3,(H,26,29)(H,27,31)/b19-11-. The van der Waals surface area contributed by atoms with Crippen molar-refractivity contribution >= 4 is 45.5 Å². The van der Waals surface area contributed by atoms with Crippen LogP contribution in [0.5, 0.6) is 0 Å². The van der Waals surface area contributed by atoms with E-state index in [0.717, 1.165) is 20.5 Å². The number of amides is 4. The molecule has 32 heavy (non-hydrogen) atoms. The van der Waals surface area contributed by atoms with E-state index in [1.807, 2.05) is 25.1 Å². The summed E-state index contributed by atoms with van der Waals surface area (Å²) >= 11 is 3.50. The molecule has 1 saturated heterocycles. The highest BCUT2D eigenvalue weighted by atomic mass is 79.9. The first-order valence-electron chi connectivity index (χ1n) is 9.57. The van der Waals surface area contributed by atoms with Gasteiger partial charge in [-0.3, -0.25) is 9.59 Å². The van der Waals surface area contributed by atoms with E-state index in [1.54, 1.807) is 18.2 Å². The van der Waals surface area contributed by atoms with Crippen molar-refractivity contribution in [3.8, 4) is 11.3 Å². The molecule has 0 saturated carbocycles. The second-order valence-corrected chi connectivity index (χ2v) is 7.95. The van der Waals surface area contributed by atoms with Gasteiger partial charge in [-0.05, 0) is 48.9 Å². The molecule has 0 spiro atoms. The average molecular weight is 498 g/mol. The number of anilines is 1. The molecule has 0 bridgehead atoms. The Morgan fingerprint density at radius 1 is 1.19 bits per heavy atom. The number of hydrogen-bond acceptors (Lipinski definition) is 4. The van der Waals surface area contributed by atoms with Crippen LogP contribution in [-0.4, -0.2) is 29.3 Å². The largest absolute Gasteiger partial charge is 0.457 e. The molecule has 9 heteroatoms. The predicted molar refractivity (Wildman–Crippen MR) is 120 cm³/mol. The third kappa shape index (κ3) is 4.47. The molecule has 2 aromatic carbocycles. The van der Waals surface area contributed by atoms with Gasteiger partial charge in [-0.2, -0.15) is 0 Å². The number of rotatable bonds is 5. The van der Waals surface area contributed by atoms with Crippen molar-refractivity contribution in [1.29, 1.82) is 0 Å². The lowest BCUT2D eigenvalue weighted by Crippen LogP contribution is -2.38. The summed E-state index contributed by atoms with van der Waals surface area (Å²) in [6.45, 7) is 1.42. The van der Waals surface area contributed by atoms with E-state index in [1.165, 1.54) is 24.3 Å². The summed E-state index contributed by atoms with van der Waals surface area (Å²) in [5.41, 5.74) is 1.87. The Bertz CT molecular complexity index is 1270. The SMILES string of the molecule is Cc1ccc(-c2ccc(/C=C3\NC(=O)N(CC(=O)Nc4ccccc4F)C3=O)o2)c(Br)c1. The Morgan fingerprint density at radius 2 is 1.97 bits per heavy atom. The summed E-state index contributed by atoms with van der Waals surface area (Å²) in [6, 6.07) is 14.1. The molecule has 0 aliphatic carbocycles. The normalized spacial score (nSPS) is 14.7. The van der Waals surface area contributed by atoms with Crippen molar-refractivity contribution < 1.29 is 23.2 Å². The summed E-state index contributed by atoms with van der Waals surface area (Å²) in [7, 11) is 0. The van der Waals surface area contributed by atoms with Crippen LogP contribution in [0.1, 0.15) is 11.3 Å². The molecular weight excluding hydrogens is 481 g/mol. The number of para-hydroxylation sites is 1. The van der Waals surface area contributed by atoms with Crippen molar-refractivity contribution in [3.63, 3.8) is 0 Å². The first-order chi connectivity index (χ1) is 15.3. The third-order valence-corrected chi connectivity index (χ3v) is 5.37. The van der Waals surface area contributed by atoms with E-state index in [9.17, 15) is 18.8 Å². The van der Waals surface area contributed by atoms with Crippen LogP contribution in [0.2, 0.25) is 0 Å². The number of halogens is 2. The molecule has 1 aliphatic heterocycles. The van der Waals surface area contributed by atoms with Crippen molar-refractivity contribution in [1.82, 2.24) is 10.2 Å². The molecule has 0 atom stereocenters. The molecule has 4 amide bonds. The number of hydrogen-bond donors (Lipinski definition) is 2. The van der Waals surface area contributed by atoms with Crippen LogP contribution in [0, 0.1) is 12.7 Å². The van der Waals surface area contributed by atoms with Gasteiger partial charge in [0.2, 0.25) is 5.91 Å². The molecule has 7 nitrogen and oxygen atoms in total. The maximum absolute atomic E-state index is 13.7. The van der Waals surface area contributed by atoms with E-state index < -0.39 is 30.2 Å². The zero-order valence-corrected chi connectivity index (χ0v) is 18.4. The number of carbonyl (C=O) groups excluding carboxylic acids is 3. The monoisotopic (exact) mass is 497 g/mol. The number of carbonyl (C=O) groups is 3. The van der Waals surface area contributed by atoms with E-state index in [-0.39, 0.29) is 11.4 Å². The van der Waals surface area contributed by atoms with Gasteiger partial charge in [0.1, 0.15) is 29.6 Å². The number of nitrogens with one attached hydrogen (secondary N) is 2. The molecular formula is C23H17BrFN3O4. The number of furan rings is 1. The minimum atomic E-state index is -0.752. The van der Waals surface area contributed by atoms with Gasteiger partial charge in [-0.15, -0.1) is 0 Å². The number of nitrogens with zero attached hydrogens (tertiary/aromatic N) is 1. The summed E-state index contributed by atoms with van der Waals surface area (Å²) < 4.78 is 20.4. The minimum Gasteiger partial charge on any atom is -0.457 e. The zero-order chi connectivity index (χ0) is 22.8. The van der Waals surface area contributed by atoms with Gasteiger partial charge in [0.05, 0.1) is 5.69 Å². The molecule has 162 valence electrons. The number of benzene rings is 2. The first-order valence-corrected chi connectivity index (χ1v) is 10.4. The fourth-order valence-electron chi connectivity index (χ4n) is 3.15. The Balaban J connectivity index is 1.47. The lowest BCUT2D eigenvalue weighted by Gasteiger charge is -2.12. The Kier molecular flexibility index (Phi) is 5.91. The van der Waals surface area contributed by atoms with E-state index >= 15 is 0 Å². The lowest BCUT2D eigenvalue weighted by atomic mass is 10.1.